The Morgan fingerprint density at radius 3 is 2.47 bits per heavy atom. The quantitative estimate of drug-likeness (QED) is 0.401. The molecule has 0 atom stereocenters. The summed E-state index contributed by atoms with van der Waals surface area (Å²) in [6.07, 6.45) is -0.883. The summed E-state index contributed by atoms with van der Waals surface area (Å²) in [6, 6.07) is 4.13. The van der Waals surface area contributed by atoms with Gasteiger partial charge in [0.25, 0.3) is 5.91 Å². The topological polar surface area (TPSA) is 180 Å². The summed E-state index contributed by atoms with van der Waals surface area (Å²) in [5.41, 5.74) is 2.38. The summed E-state index contributed by atoms with van der Waals surface area (Å²) in [7, 11) is 0. The van der Waals surface area contributed by atoms with Crippen molar-refractivity contribution in [2.75, 3.05) is 5.32 Å². The number of hydrogen-bond donors (Lipinski definition) is 2. The van der Waals surface area contributed by atoms with Gasteiger partial charge in [0, 0.05) is 12.3 Å². The van der Waals surface area contributed by atoms with E-state index in [0.29, 0.717) is 6.20 Å². The van der Waals surface area contributed by atoms with Crippen LogP contribution in [0.4, 0.5) is 23.7 Å². The minimum Gasteiger partial charge on any atom is -0.409 e. The molecule has 2 amide bonds. The second kappa shape index (κ2) is 9.31. The fraction of sp³-hybridized carbons (Fsp3) is 0.0526. The van der Waals surface area contributed by atoms with Gasteiger partial charge in [-0.05, 0) is 6.07 Å². The maximum atomic E-state index is 14.0. The van der Waals surface area contributed by atoms with Crippen LogP contribution >= 0.6 is 11.6 Å². The van der Waals surface area contributed by atoms with Gasteiger partial charge < -0.3 is 15.8 Å². The number of hydrogen-bond acceptors (Lipinski definition) is 9. The summed E-state index contributed by atoms with van der Waals surface area (Å²) < 4.78 is 46.9. The first-order chi connectivity index (χ1) is 17.1. The van der Waals surface area contributed by atoms with Crippen molar-refractivity contribution in [3.63, 3.8) is 0 Å². The highest BCUT2D eigenvalue weighted by molar-refractivity contribution is 6.33. The van der Waals surface area contributed by atoms with Crippen LogP contribution in [0.15, 0.2) is 43.1 Å². The van der Waals surface area contributed by atoms with Crippen LogP contribution in [0.3, 0.4) is 0 Å². The molecular formula is C19H10ClF3N10O3. The average molecular weight is 519 g/mol. The molecule has 4 aromatic heterocycles. The number of pyridine rings is 2. The Balaban J connectivity index is 1.72. The summed E-state index contributed by atoms with van der Waals surface area (Å²) in [5.74, 6) is -2.12. The van der Waals surface area contributed by atoms with Crippen molar-refractivity contribution in [1.29, 1.82) is 5.26 Å². The van der Waals surface area contributed by atoms with E-state index >= 15 is 0 Å². The van der Waals surface area contributed by atoms with Crippen molar-refractivity contribution in [2.45, 2.75) is 6.18 Å². The van der Waals surface area contributed by atoms with Crippen LogP contribution < -0.4 is 15.8 Å². The molecule has 17 heteroatoms. The molecule has 3 N–H and O–H groups in total. The Hall–Kier alpha value is -5.04. The van der Waals surface area contributed by atoms with Crippen LogP contribution in [0.5, 0.6) is 5.75 Å². The molecule has 0 unspecified atom stereocenters. The first-order valence-electron chi connectivity index (χ1n) is 9.45. The standard InChI is InChI=1S/C19H10ClF3N10O3/c20-13-12(36-18(25)35)1-2-26-16(13)32-14(19(21,22)23)11(8-30-32)17(34)31-10-5-9(6-24)15(27-7-10)33-28-3-4-29-33/h1-5,7-8H,(H2,25,35)(H,31,34). The third kappa shape index (κ3) is 4.63. The van der Waals surface area contributed by atoms with Gasteiger partial charge >= 0.3 is 12.3 Å². The van der Waals surface area contributed by atoms with E-state index in [1.54, 1.807) is 0 Å². The summed E-state index contributed by atoms with van der Waals surface area (Å²) >= 11 is 6.04. The lowest BCUT2D eigenvalue weighted by Gasteiger charge is -2.14. The maximum Gasteiger partial charge on any atom is 0.434 e. The fourth-order valence-corrected chi connectivity index (χ4v) is 3.22. The SMILES string of the molecule is N#Cc1cc(NC(=O)c2cnn(-c3nccc(OC(N)=O)c3Cl)c2C(F)(F)F)cnc1-n1nccn1. The number of primary amides is 1. The van der Waals surface area contributed by atoms with E-state index in [1.165, 1.54) is 18.5 Å². The third-order valence-corrected chi connectivity index (χ3v) is 4.74. The molecule has 0 aliphatic rings. The van der Waals surface area contributed by atoms with Gasteiger partial charge in [0.05, 0.1) is 36.0 Å². The lowest BCUT2D eigenvalue weighted by molar-refractivity contribution is -0.143. The first-order valence-corrected chi connectivity index (χ1v) is 9.83. The van der Waals surface area contributed by atoms with Crippen LogP contribution in [0.25, 0.3) is 11.6 Å². The highest BCUT2D eigenvalue weighted by atomic mass is 35.5. The number of amides is 2. The minimum absolute atomic E-state index is 0.0445. The predicted octanol–water partition coefficient (Wildman–Crippen LogP) is 2.50. The number of nitriles is 1. The maximum absolute atomic E-state index is 14.0. The van der Waals surface area contributed by atoms with Gasteiger partial charge in [0.15, 0.2) is 23.1 Å². The number of nitrogens with zero attached hydrogens (tertiary/aromatic N) is 8. The van der Waals surface area contributed by atoms with E-state index in [0.717, 1.165) is 23.3 Å². The van der Waals surface area contributed by atoms with Gasteiger partial charge in [0.1, 0.15) is 16.7 Å². The minimum atomic E-state index is -5.10. The second-order valence-corrected chi connectivity index (χ2v) is 7.04. The number of anilines is 1. The van der Waals surface area contributed by atoms with Crippen LogP contribution in [-0.2, 0) is 6.18 Å². The zero-order valence-electron chi connectivity index (χ0n) is 17.4. The molecule has 0 aliphatic carbocycles. The highest BCUT2D eigenvalue weighted by Crippen LogP contribution is 2.37. The Labute approximate surface area is 202 Å². The van der Waals surface area contributed by atoms with Gasteiger partial charge in [-0.25, -0.2) is 19.4 Å². The molecule has 0 saturated heterocycles. The van der Waals surface area contributed by atoms with E-state index in [1.807, 2.05) is 6.07 Å². The van der Waals surface area contributed by atoms with Gasteiger partial charge in [-0.3, -0.25) is 4.79 Å². The molecule has 13 nitrogen and oxygen atoms in total. The molecular weight excluding hydrogens is 509 g/mol. The fourth-order valence-electron chi connectivity index (χ4n) is 2.99. The molecule has 0 saturated carbocycles. The van der Waals surface area contributed by atoms with E-state index < -0.39 is 40.3 Å². The van der Waals surface area contributed by atoms with E-state index in [4.69, 9.17) is 17.3 Å². The monoisotopic (exact) mass is 518 g/mol. The molecule has 4 aromatic rings. The molecule has 0 bridgehead atoms. The zero-order valence-corrected chi connectivity index (χ0v) is 18.2. The van der Waals surface area contributed by atoms with E-state index in [2.05, 4.69) is 35.3 Å². The van der Waals surface area contributed by atoms with Crippen LogP contribution in [-0.4, -0.2) is 46.7 Å². The lowest BCUT2D eigenvalue weighted by atomic mass is 10.2. The number of carbonyl (C=O) groups excluding carboxylic acids is 2. The number of halogens is 4. The van der Waals surface area contributed by atoms with Crippen molar-refractivity contribution in [1.82, 2.24) is 34.7 Å². The van der Waals surface area contributed by atoms with Crippen LogP contribution in [0.1, 0.15) is 21.6 Å². The first kappa shape index (κ1) is 24.1. The van der Waals surface area contributed by atoms with Gasteiger partial charge in [-0.2, -0.15) is 33.7 Å². The van der Waals surface area contributed by atoms with E-state index in [-0.39, 0.29) is 27.5 Å². The van der Waals surface area contributed by atoms with Crippen molar-refractivity contribution in [3.05, 3.63) is 65.0 Å². The van der Waals surface area contributed by atoms with Gasteiger partial charge in [-0.15, -0.1) is 4.80 Å². The Morgan fingerprint density at radius 1 is 1.11 bits per heavy atom. The number of carbonyl (C=O) groups is 2. The number of nitrogens with two attached hydrogens (primary N) is 1. The number of aromatic nitrogens is 7. The number of ether oxygens (including phenoxy) is 1. The van der Waals surface area contributed by atoms with Gasteiger partial charge in [-0.1, -0.05) is 11.6 Å². The van der Waals surface area contributed by atoms with Crippen molar-refractivity contribution in [3.8, 4) is 23.5 Å². The lowest BCUT2D eigenvalue weighted by Crippen LogP contribution is -2.22. The normalized spacial score (nSPS) is 11.1. The Kier molecular flexibility index (Phi) is 6.23. The van der Waals surface area contributed by atoms with E-state index in [9.17, 15) is 28.0 Å². The molecule has 182 valence electrons. The number of nitrogens with one attached hydrogen (secondary N) is 1. The van der Waals surface area contributed by atoms with Crippen molar-refractivity contribution < 1.29 is 27.5 Å². The highest BCUT2D eigenvalue weighted by Gasteiger charge is 2.41. The summed E-state index contributed by atoms with van der Waals surface area (Å²) in [4.78, 5) is 32.6. The third-order valence-electron chi connectivity index (χ3n) is 4.38. The predicted molar refractivity (Wildman–Crippen MR) is 113 cm³/mol. The van der Waals surface area contributed by atoms with Crippen molar-refractivity contribution >= 4 is 29.3 Å². The Bertz CT molecular complexity index is 1510. The van der Waals surface area contributed by atoms with Gasteiger partial charge in [0.2, 0.25) is 0 Å². The Morgan fingerprint density at radius 2 is 1.83 bits per heavy atom. The van der Waals surface area contributed by atoms with Crippen molar-refractivity contribution in [2.24, 2.45) is 5.73 Å². The molecule has 0 spiro atoms. The van der Waals surface area contributed by atoms with Crippen LogP contribution in [0, 0.1) is 11.3 Å². The molecule has 4 rings (SSSR count). The largest absolute Gasteiger partial charge is 0.434 e. The summed E-state index contributed by atoms with van der Waals surface area (Å²) in [6.45, 7) is 0. The zero-order chi connectivity index (χ0) is 26.0. The number of alkyl halides is 3. The average Bonchev–Trinajstić information content (AvgIpc) is 3.50. The molecule has 0 aliphatic heterocycles. The second-order valence-electron chi connectivity index (χ2n) is 6.66. The molecule has 0 fully saturated rings. The van der Waals surface area contributed by atoms with Crippen LogP contribution in [0.2, 0.25) is 5.02 Å². The molecule has 0 radical (unpaired) electrons. The summed E-state index contributed by atoms with van der Waals surface area (Å²) in [5, 5.41) is 22.4. The molecule has 0 aromatic carbocycles. The number of rotatable bonds is 5. The smallest absolute Gasteiger partial charge is 0.409 e. The molecule has 4 heterocycles. The molecule has 36 heavy (non-hydrogen) atoms.